The number of nitrogens with zero attached hydrogens (tertiary/aromatic N) is 1. The minimum atomic E-state index is -0.332. The zero-order valence-electron chi connectivity index (χ0n) is 13.7. The molecule has 1 N–H and O–H groups in total. The molecule has 1 unspecified atom stereocenters. The fourth-order valence-electron chi connectivity index (χ4n) is 2.86. The predicted molar refractivity (Wildman–Crippen MR) is 99.1 cm³/mol. The van der Waals surface area contributed by atoms with Gasteiger partial charge in [-0.05, 0) is 55.3 Å². The van der Waals surface area contributed by atoms with E-state index in [1.165, 1.54) is 0 Å². The Kier molecular flexibility index (Phi) is 4.71. The van der Waals surface area contributed by atoms with Crippen molar-refractivity contribution in [1.29, 1.82) is 0 Å². The molecule has 1 heterocycles. The summed E-state index contributed by atoms with van der Waals surface area (Å²) in [6.45, 7) is 4.36. The minimum Gasteiger partial charge on any atom is -0.326 e. The number of amides is 2. The van der Waals surface area contributed by atoms with Gasteiger partial charge in [-0.3, -0.25) is 9.59 Å². The molecule has 0 saturated carbocycles. The molecule has 1 aliphatic rings. The number of hydrogen-bond acceptors (Lipinski definition) is 2. The van der Waals surface area contributed by atoms with Crippen LogP contribution in [0.25, 0.3) is 0 Å². The number of rotatable bonds is 3. The van der Waals surface area contributed by atoms with E-state index in [0.29, 0.717) is 6.54 Å². The van der Waals surface area contributed by atoms with Crippen molar-refractivity contribution in [3.8, 4) is 0 Å². The van der Waals surface area contributed by atoms with Gasteiger partial charge in [-0.15, -0.1) is 0 Å². The van der Waals surface area contributed by atoms with Crippen LogP contribution in [0.5, 0.6) is 0 Å². The van der Waals surface area contributed by atoms with Crippen molar-refractivity contribution in [2.45, 2.75) is 20.3 Å². The minimum absolute atomic E-state index is 0.0153. The van der Waals surface area contributed by atoms with E-state index in [4.69, 9.17) is 0 Å². The molecule has 1 aliphatic heterocycles. The SMILES string of the molecule is Cc1ccc(C)c(NC(=O)C2CC(=O)N(c3ccc(Br)cc3)C2)c1. The molecule has 3 rings (SSSR count). The van der Waals surface area contributed by atoms with Crippen molar-refractivity contribution in [3.63, 3.8) is 0 Å². The van der Waals surface area contributed by atoms with Crippen molar-refractivity contribution in [3.05, 3.63) is 58.1 Å². The van der Waals surface area contributed by atoms with E-state index < -0.39 is 0 Å². The number of anilines is 2. The lowest BCUT2D eigenvalue weighted by atomic mass is 10.1. The smallest absolute Gasteiger partial charge is 0.229 e. The highest BCUT2D eigenvalue weighted by Gasteiger charge is 2.35. The Hall–Kier alpha value is -2.14. The van der Waals surface area contributed by atoms with Crippen molar-refractivity contribution >= 4 is 39.1 Å². The topological polar surface area (TPSA) is 49.4 Å². The molecule has 0 bridgehead atoms. The second-order valence-corrected chi connectivity index (χ2v) is 7.11. The van der Waals surface area contributed by atoms with E-state index in [-0.39, 0.29) is 24.2 Å². The van der Waals surface area contributed by atoms with Crippen LogP contribution < -0.4 is 10.2 Å². The molecular formula is C19H19BrN2O2. The van der Waals surface area contributed by atoms with Crippen LogP contribution in [-0.2, 0) is 9.59 Å². The van der Waals surface area contributed by atoms with Crippen molar-refractivity contribution in [2.24, 2.45) is 5.92 Å². The van der Waals surface area contributed by atoms with Gasteiger partial charge in [-0.1, -0.05) is 28.1 Å². The van der Waals surface area contributed by atoms with Crippen LogP contribution in [0.1, 0.15) is 17.5 Å². The first-order valence-electron chi connectivity index (χ1n) is 7.88. The summed E-state index contributed by atoms with van der Waals surface area (Å²) in [6.07, 6.45) is 0.243. The van der Waals surface area contributed by atoms with Gasteiger partial charge in [0.05, 0.1) is 5.92 Å². The zero-order valence-corrected chi connectivity index (χ0v) is 15.3. The molecule has 2 amide bonds. The van der Waals surface area contributed by atoms with Gasteiger partial charge in [0.1, 0.15) is 0 Å². The van der Waals surface area contributed by atoms with Gasteiger partial charge >= 0.3 is 0 Å². The molecule has 1 atom stereocenters. The average molecular weight is 387 g/mol. The van der Waals surface area contributed by atoms with Gasteiger partial charge in [0.25, 0.3) is 0 Å². The first-order chi connectivity index (χ1) is 11.4. The van der Waals surface area contributed by atoms with Crippen LogP contribution >= 0.6 is 15.9 Å². The summed E-state index contributed by atoms with van der Waals surface area (Å²) in [5.41, 5.74) is 3.75. The fourth-order valence-corrected chi connectivity index (χ4v) is 3.12. The Labute approximate surface area is 150 Å². The molecule has 0 aromatic heterocycles. The third kappa shape index (κ3) is 3.51. The summed E-state index contributed by atoms with van der Waals surface area (Å²) >= 11 is 3.39. The maximum atomic E-state index is 12.6. The number of hydrogen-bond donors (Lipinski definition) is 1. The molecule has 0 radical (unpaired) electrons. The molecule has 124 valence electrons. The fraction of sp³-hybridized carbons (Fsp3) is 0.263. The standard InChI is InChI=1S/C19H19BrN2O2/c1-12-3-4-13(2)17(9-12)21-19(24)14-10-18(23)22(11-14)16-7-5-15(20)6-8-16/h3-9,14H,10-11H2,1-2H3,(H,21,24). The summed E-state index contributed by atoms with van der Waals surface area (Å²) in [5.74, 6) is -0.448. The second kappa shape index (κ2) is 6.77. The highest BCUT2D eigenvalue weighted by atomic mass is 79.9. The van der Waals surface area contributed by atoms with Gasteiger partial charge in [0.15, 0.2) is 0 Å². The van der Waals surface area contributed by atoms with Gasteiger partial charge in [0.2, 0.25) is 11.8 Å². The Balaban J connectivity index is 1.72. The summed E-state index contributed by atoms with van der Waals surface area (Å²) in [7, 11) is 0. The van der Waals surface area contributed by atoms with Crippen LogP contribution in [0.4, 0.5) is 11.4 Å². The summed E-state index contributed by atoms with van der Waals surface area (Å²) < 4.78 is 0.960. The number of carbonyl (C=O) groups excluding carboxylic acids is 2. The quantitative estimate of drug-likeness (QED) is 0.864. The zero-order chi connectivity index (χ0) is 17.3. The Morgan fingerprint density at radius 1 is 1.17 bits per heavy atom. The van der Waals surface area contributed by atoms with Gasteiger partial charge in [0, 0.05) is 28.8 Å². The highest BCUT2D eigenvalue weighted by Crippen LogP contribution is 2.27. The monoisotopic (exact) mass is 386 g/mol. The van der Waals surface area contributed by atoms with E-state index in [9.17, 15) is 9.59 Å². The number of halogens is 1. The number of carbonyl (C=O) groups is 2. The van der Waals surface area contributed by atoms with E-state index in [1.807, 2.05) is 56.3 Å². The molecule has 2 aromatic rings. The van der Waals surface area contributed by atoms with Gasteiger partial charge in [-0.2, -0.15) is 0 Å². The van der Waals surface area contributed by atoms with Gasteiger partial charge < -0.3 is 10.2 Å². The van der Waals surface area contributed by atoms with Crippen molar-refractivity contribution < 1.29 is 9.59 Å². The lowest BCUT2D eigenvalue weighted by Gasteiger charge is -2.17. The maximum Gasteiger partial charge on any atom is 0.229 e. The molecule has 24 heavy (non-hydrogen) atoms. The largest absolute Gasteiger partial charge is 0.326 e. The first kappa shape index (κ1) is 16.7. The lowest BCUT2D eigenvalue weighted by molar-refractivity contribution is -0.122. The molecule has 1 fully saturated rings. The molecule has 4 nitrogen and oxygen atoms in total. The highest BCUT2D eigenvalue weighted by molar-refractivity contribution is 9.10. The van der Waals surface area contributed by atoms with E-state index >= 15 is 0 Å². The maximum absolute atomic E-state index is 12.6. The molecule has 5 heteroatoms. The number of nitrogens with one attached hydrogen (secondary N) is 1. The van der Waals surface area contributed by atoms with E-state index in [0.717, 1.165) is 27.0 Å². The van der Waals surface area contributed by atoms with Crippen LogP contribution in [0.2, 0.25) is 0 Å². The summed E-state index contributed by atoms with van der Waals surface area (Å²) in [4.78, 5) is 26.5. The van der Waals surface area contributed by atoms with Crippen molar-refractivity contribution in [1.82, 2.24) is 0 Å². The molecule has 2 aromatic carbocycles. The second-order valence-electron chi connectivity index (χ2n) is 6.19. The Morgan fingerprint density at radius 2 is 1.88 bits per heavy atom. The number of aryl methyl sites for hydroxylation is 2. The van der Waals surface area contributed by atoms with Crippen LogP contribution in [0.15, 0.2) is 46.9 Å². The average Bonchev–Trinajstić information content (AvgIpc) is 2.94. The number of benzene rings is 2. The molecule has 0 aliphatic carbocycles. The molecule has 1 saturated heterocycles. The van der Waals surface area contributed by atoms with Crippen LogP contribution in [0, 0.1) is 19.8 Å². The Morgan fingerprint density at radius 3 is 2.58 bits per heavy atom. The Bertz CT molecular complexity index is 786. The third-order valence-corrected chi connectivity index (χ3v) is 4.81. The summed E-state index contributed by atoms with van der Waals surface area (Å²) in [5, 5.41) is 2.97. The summed E-state index contributed by atoms with van der Waals surface area (Å²) in [6, 6.07) is 13.5. The lowest BCUT2D eigenvalue weighted by Crippen LogP contribution is -2.28. The van der Waals surface area contributed by atoms with Gasteiger partial charge in [-0.25, -0.2) is 0 Å². The first-order valence-corrected chi connectivity index (χ1v) is 8.67. The van der Waals surface area contributed by atoms with E-state index in [2.05, 4.69) is 21.2 Å². The van der Waals surface area contributed by atoms with Crippen LogP contribution in [-0.4, -0.2) is 18.4 Å². The van der Waals surface area contributed by atoms with E-state index in [1.54, 1.807) is 4.90 Å². The normalized spacial score (nSPS) is 17.2. The third-order valence-electron chi connectivity index (χ3n) is 4.29. The predicted octanol–water partition coefficient (Wildman–Crippen LogP) is 4.06. The van der Waals surface area contributed by atoms with Crippen molar-refractivity contribution in [2.75, 3.05) is 16.8 Å². The molecule has 0 spiro atoms. The molecular weight excluding hydrogens is 368 g/mol. The van der Waals surface area contributed by atoms with Crippen LogP contribution in [0.3, 0.4) is 0 Å².